The summed E-state index contributed by atoms with van der Waals surface area (Å²) in [5, 5.41) is 10.4. The van der Waals surface area contributed by atoms with E-state index >= 15 is 0 Å². The van der Waals surface area contributed by atoms with E-state index in [2.05, 4.69) is 15.7 Å². The second kappa shape index (κ2) is 10.0. The number of ether oxygens (including phenoxy) is 2. The van der Waals surface area contributed by atoms with Crippen LogP contribution in [0.2, 0.25) is 0 Å². The van der Waals surface area contributed by atoms with Crippen LogP contribution in [0.1, 0.15) is 18.1 Å². The second-order valence-electron chi connectivity index (χ2n) is 5.97. The summed E-state index contributed by atoms with van der Waals surface area (Å²) in [6.07, 6.45) is 1.75. The number of methoxy groups -OCH3 is 2. The fraction of sp³-hybridized carbons (Fsp3) is 0.444. The third kappa shape index (κ3) is 5.12. The van der Waals surface area contributed by atoms with Crippen molar-refractivity contribution in [3.8, 4) is 11.5 Å². The molecule has 0 radical (unpaired) electrons. The zero-order valence-corrected chi connectivity index (χ0v) is 16.6. The number of anilines is 1. The molecule has 2 N–H and O–H groups in total. The van der Waals surface area contributed by atoms with E-state index in [0.717, 1.165) is 11.1 Å². The molecule has 0 aliphatic rings. The van der Waals surface area contributed by atoms with Gasteiger partial charge in [-0.05, 0) is 31.7 Å². The van der Waals surface area contributed by atoms with Gasteiger partial charge in [-0.15, -0.1) is 12.4 Å². The summed E-state index contributed by atoms with van der Waals surface area (Å²) in [6, 6.07) is 5.72. The van der Waals surface area contributed by atoms with E-state index in [9.17, 15) is 4.79 Å². The number of carbonyl (C=O) groups is 1. The third-order valence-electron chi connectivity index (χ3n) is 4.00. The van der Waals surface area contributed by atoms with E-state index in [1.165, 1.54) is 0 Å². The van der Waals surface area contributed by atoms with Gasteiger partial charge in [-0.2, -0.15) is 5.10 Å². The summed E-state index contributed by atoms with van der Waals surface area (Å²) < 4.78 is 12.4. The molecule has 0 fully saturated rings. The highest BCUT2D eigenvalue weighted by Gasteiger charge is 2.16. The van der Waals surface area contributed by atoms with E-state index in [1.54, 1.807) is 25.1 Å². The van der Waals surface area contributed by atoms with Crippen LogP contribution in [-0.4, -0.2) is 43.5 Å². The Morgan fingerprint density at radius 3 is 2.58 bits per heavy atom. The molecular weight excluding hydrogens is 356 g/mol. The van der Waals surface area contributed by atoms with E-state index < -0.39 is 0 Å². The topological polar surface area (TPSA) is 77.4 Å². The van der Waals surface area contributed by atoms with Crippen molar-refractivity contribution in [2.75, 3.05) is 33.1 Å². The first-order chi connectivity index (χ1) is 12.0. The zero-order valence-electron chi connectivity index (χ0n) is 15.8. The number of nitrogens with one attached hydrogen (secondary N) is 2. The molecule has 1 amide bonds. The average molecular weight is 383 g/mol. The van der Waals surface area contributed by atoms with Gasteiger partial charge in [-0.3, -0.25) is 4.79 Å². The van der Waals surface area contributed by atoms with E-state index in [-0.39, 0.29) is 24.2 Å². The lowest BCUT2D eigenvalue weighted by Gasteiger charge is -2.15. The van der Waals surface area contributed by atoms with Crippen molar-refractivity contribution in [2.45, 2.75) is 20.4 Å². The maximum Gasteiger partial charge on any atom is 0.229 e. The molecule has 1 aromatic heterocycles. The maximum absolute atomic E-state index is 12.3. The Bertz CT molecular complexity index is 733. The molecule has 8 heteroatoms. The fourth-order valence-corrected chi connectivity index (χ4v) is 2.55. The van der Waals surface area contributed by atoms with Crippen molar-refractivity contribution in [3.63, 3.8) is 0 Å². The van der Waals surface area contributed by atoms with E-state index in [1.807, 2.05) is 39.1 Å². The molecule has 1 atom stereocenters. The van der Waals surface area contributed by atoms with Gasteiger partial charge < -0.3 is 20.1 Å². The van der Waals surface area contributed by atoms with Gasteiger partial charge in [-0.1, -0.05) is 13.0 Å². The summed E-state index contributed by atoms with van der Waals surface area (Å²) in [6.45, 7) is 4.95. The smallest absolute Gasteiger partial charge is 0.229 e. The Morgan fingerprint density at radius 1 is 1.27 bits per heavy atom. The number of aromatic nitrogens is 2. The molecule has 144 valence electrons. The lowest BCUT2D eigenvalue weighted by molar-refractivity contribution is -0.119. The van der Waals surface area contributed by atoms with Crippen LogP contribution in [0.15, 0.2) is 24.4 Å². The van der Waals surface area contributed by atoms with E-state index in [4.69, 9.17) is 9.47 Å². The SMILES string of the molecule is CNCC(C)C(=O)Nc1c(C)cnn1Cc1ccc(OC)c(OC)c1.Cl. The van der Waals surface area contributed by atoms with Crippen molar-refractivity contribution in [2.24, 2.45) is 5.92 Å². The van der Waals surface area contributed by atoms with Crippen molar-refractivity contribution in [3.05, 3.63) is 35.5 Å². The molecule has 0 spiro atoms. The Balaban J connectivity index is 0.00000338. The molecule has 0 saturated carbocycles. The molecule has 2 aromatic rings. The summed E-state index contributed by atoms with van der Waals surface area (Å²) in [4.78, 5) is 12.3. The predicted molar refractivity (Wildman–Crippen MR) is 105 cm³/mol. The summed E-state index contributed by atoms with van der Waals surface area (Å²) in [5.74, 6) is 1.89. The number of rotatable bonds is 8. The minimum absolute atomic E-state index is 0. The van der Waals surface area contributed by atoms with Gasteiger partial charge in [0.05, 0.1) is 27.0 Å². The molecule has 1 heterocycles. The molecule has 26 heavy (non-hydrogen) atoms. The minimum Gasteiger partial charge on any atom is -0.493 e. The van der Waals surface area contributed by atoms with Crippen LogP contribution in [-0.2, 0) is 11.3 Å². The molecule has 7 nitrogen and oxygen atoms in total. The van der Waals surface area contributed by atoms with Crippen molar-refractivity contribution in [1.29, 1.82) is 0 Å². The average Bonchev–Trinajstić information content (AvgIpc) is 2.95. The normalized spacial score (nSPS) is 11.4. The number of nitrogens with zero attached hydrogens (tertiary/aromatic N) is 2. The highest BCUT2D eigenvalue weighted by atomic mass is 35.5. The molecule has 0 saturated heterocycles. The number of aryl methyl sites for hydroxylation is 1. The van der Waals surface area contributed by atoms with E-state index in [0.29, 0.717) is 30.4 Å². The van der Waals surface area contributed by atoms with Crippen LogP contribution in [0.4, 0.5) is 5.82 Å². The second-order valence-corrected chi connectivity index (χ2v) is 5.97. The summed E-state index contributed by atoms with van der Waals surface area (Å²) in [5.41, 5.74) is 1.92. The molecule has 0 aliphatic heterocycles. The monoisotopic (exact) mass is 382 g/mol. The van der Waals surface area contributed by atoms with Gasteiger partial charge in [0.2, 0.25) is 5.91 Å². The quantitative estimate of drug-likeness (QED) is 0.733. The first kappa shape index (κ1) is 21.8. The first-order valence-electron chi connectivity index (χ1n) is 8.18. The summed E-state index contributed by atoms with van der Waals surface area (Å²) >= 11 is 0. The highest BCUT2D eigenvalue weighted by Crippen LogP contribution is 2.28. The number of hydrogen-bond donors (Lipinski definition) is 2. The molecule has 1 aromatic carbocycles. The van der Waals surface area contributed by atoms with Crippen LogP contribution in [0, 0.1) is 12.8 Å². The lowest BCUT2D eigenvalue weighted by atomic mass is 10.1. The Labute approximate surface area is 160 Å². The zero-order chi connectivity index (χ0) is 18.4. The van der Waals surface area contributed by atoms with Crippen molar-refractivity contribution < 1.29 is 14.3 Å². The number of carbonyl (C=O) groups excluding carboxylic acids is 1. The molecule has 0 bridgehead atoms. The standard InChI is InChI=1S/C18H26N4O3.ClH/c1-12-10-20-22(17(12)21-18(23)13(2)9-19-3)11-14-6-7-15(24-4)16(8-14)25-5;/h6-8,10,13,19H,9,11H2,1-5H3,(H,21,23);1H. The van der Waals surface area contributed by atoms with Crippen LogP contribution in [0.5, 0.6) is 11.5 Å². The van der Waals surface area contributed by atoms with Crippen LogP contribution in [0.25, 0.3) is 0 Å². The molecule has 0 aliphatic carbocycles. The number of benzene rings is 1. The molecular formula is C18H27ClN4O3. The number of halogens is 1. The first-order valence-corrected chi connectivity index (χ1v) is 8.18. The van der Waals surface area contributed by atoms with Crippen molar-refractivity contribution in [1.82, 2.24) is 15.1 Å². The van der Waals surface area contributed by atoms with Gasteiger partial charge in [0.15, 0.2) is 11.5 Å². The third-order valence-corrected chi connectivity index (χ3v) is 4.00. The van der Waals surface area contributed by atoms with Crippen LogP contribution in [0.3, 0.4) is 0 Å². The van der Waals surface area contributed by atoms with Gasteiger partial charge in [-0.25, -0.2) is 4.68 Å². The fourth-order valence-electron chi connectivity index (χ4n) is 2.55. The summed E-state index contributed by atoms with van der Waals surface area (Å²) in [7, 11) is 5.04. The van der Waals surface area contributed by atoms with Gasteiger partial charge in [0, 0.05) is 18.0 Å². The highest BCUT2D eigenvalue weighted by molar-refractivity contribution is 5.92. The predicted octanol–water partition coefficient (Wildman–Crippen LogP) is 2.47. The van der Waals surface area contributed by atoms with Gasteiger partial charge in [0.1, 0.15) is 5.82 Å². The van der Waals surface area contributed by atoms with Crippen LogP contribution < -0.4 is 20.1 Å². The van der Waals surface area contributed by atoms with Crippen molar-refractivity contribution >= 4 is 24.1 Å². The molecule has 1 unspecified atom stereocenters. The molecule has 2 rings (SSSR count). The number of hydrogen-bond acceptors (Lipinski definition) is 5. The van der Waals surface area contributed by atoms with Gasteiger partial charge >= 0.3 is 0 Å². The lowest BCUT2D eigenvalue weighted by Crippen LogP contribution is -2.29. The van der Waals surface area contributed by atoms with Crippen LogP contribution >= 0.6 is 12.4 Å². The minimum atomic E-state index is -0.131. The Hall–Kier alpha value is -2.25. The van der Waals surface area contributed by atoms with Gasteiger partial charge in [0.25, 0.3) is 0 Å². The Kier molecular flexibility index (Phi) is 8.41. The number of amides is 1. The Morgan fingerprint density at radius 2 is 1.96 bits per heavy atom. The largest absolute Gasteiger partial charge is 0.493 e. The maximum atomic E-state index is 12.3.